The predicted molar refractivity (Wildman–Crippen MR) is 99.9 cm³/mol. The second-order valence-corrected chi connectivity index (χ2v) is 7.23. The van der Waals surface area contributed by atoms with Gasteiger partial charge in [-0.2, -0.15) is 5.26 Å². The first-order chi connectivity index (χ1) is 12.5. The topological polar surface area (TPSA) is 82.4 Å². The Bertz CT molecular complexity index is 829. The second kappa shape index (κ2) is 7.70. The molecule has 26 heavy (non-hydrogen) atoms. The van der Waals surface area contributed by atoms with Crippen LogP contribution in [0.5, 0.6) is 5.88 Å². The van der Waals surface area contributed by atoms with Gasteiger partial charge in [0.25, 0.3) is 5.91 Å². The Kier molecular flexibility index (Phi) is 5.38. The number of nitriles is 1. The molecule has 1 fully saturated rings. The van der Waals surface area contributed by atoms with E-state index in [-0.39, 0.29) is 12.0 Å². The van der Waals surface area contributed by atoms with E-state index in [0.717, 1.165) is 6.42 Å². The molecule has 1 amide bonds. The Morgan fingerprint density at radius 1 is 1.42 bits per heavy atom. The van der Waals surface area contributed by atoms with E-state index < -0.39 is 6.04 Å². The number of rotatable bonds is 5. The summed E-state index contributed by atoms with van der Waals surface area (Å²) in [6.45, 7) is 4.53. The quantitative estimate of drug-likeness (QED) is 0.752. The molecular formula is C18H21N5O2S. The summed E-state index contributed by atoms with van der Waals surface area (Å²) in [5.41, 5.74) is 1.40. The average Bonchev–Trinajstić information content (AvgIpc) is 3.29. The van der Waals surface area contributed by atoms with Gasteiger partial charge in [0.15, 0.2) is 11.3 Å². The molecule has 1 saturated heterocycles. The van der Waals surface area contributed by atoms with Crippen molar-refractivity contribution >= 4 is 22.4 Å². The number of likely N-dealkylation sites (N-methyl/N-ethyl adjacent to an activating group) is 1. The average molecular weight is 371 g/mol. The number of pyridine rings is 1. The maximum atomic E-state index is 12.7. The van der Waals surface area contributed by atoms with E-state index in [1.807, 2.05) is 37.4 Å². The van der Waals surface area contributed by atoms with E-state index in [1.54, 1.807) is 11.9 Å². The fourth-order valence-electron chi connectivity index (χ4n) is 2.86. The molecule has 0 saturated carbocycles. The van der Waals surface area contributed by atoms with Gasteiger partial charge >= 0.3 is 0 Å². The van der Waals surface area contributed by atoms with Crippen LogP contribution in [-0.2, 0) is 4.79 Å². The molecule has 0 aromatic carbocycles. The van der Waals surface area contributed by atoms with Gasteiger partial charge < -0.3 is 4.74 Å². The van der Waals surface area contributed by atoms with Crippen LogP contribution in [0.1, 0.15) is 26.7 Å². The van der Waals surface area contributed by atoms with Crippen molar-refractivity contribution in [2.45, 2.75) is 38.8 Å². The van der Waals surface area contributed by atoms with Crippen LogP contribution >= 0.6 is 11.3 Å². The first kappa shape index (κ1) is 18.1. The van der Waals surface area contributed by atoms with Crippen LogP contribution in [-0.4, -0.2) is 46.5 Å². The van der Waals surface area contributed by atoms with Gasteiger partial charge in [-0.25, -0.2) is 9.97 Å². The molecule has 0 radical (unpaired) electrons. The number of carbonyl (C=O) groups excluding carboxylic acids is 1. The number of ether oxygens (including phenoxy) is 1. The monoisotopic (exact) mass is 371 g/mol. The summed E-state index contributed by atoms with van der Waals surface area (Å²) >= 11 is 1.38. The summed E-state index contributed by atoms with van der Waals surface area (Å²) in [6.07, 6.45) is 3.70. The van der Waals surface area contributed by atoms with E-state index in [4.69, 9.17) is 10.00 Å². The normalized spacial score (nSPS) is 16.6. The molecule has 7 nitrogen and oxygen atoms in total. The third-order valence-electron chi connectivity index (χ3n) is 4.12. The Balaban J connectivity index is 1.77. The number of carbonyl (C=O) groups is 1. The van der Waals surface area contributed by atoms with Crippen molar-refractivity contribution in [2.75, 3.05) is 18.5 Å². The maximum absolute atomic E-state index is 12.7. The summed E-state index contributed by atoms with van der Waals surface area (Å²) in [5.74, 6) is 0.446. The minimum Gasteiger partial charge on any atom is -0.475 e. The molecule has 1 aliphatic heterocycles. The second-order valence-electron chi connectivity index (χ2n) is 6.39. The van der Waals surface area contributed by atoms with E-state index in [0.29, 0.717) is 35.4 Å². The summed E-state index contributed by atoms with van der Waals surface area (Å²) in [7, 11) is 1.70. The number of nitrogens with zero attached hydrogens (tertiary/aromatic N) is 5. The third kappa shape index (κ3) is 3.78. The Morgan fingerprint density at radius 2 is 2.23 bits per heavy atom. The van der Waals surface area contributed by atoms with Gasteiger partial charge in [0.05, 0.1) is 11.8 Å². The molecule has 3 heterocycles. The van der Waals surface area contributed by atoms with Crippen molar-refractivity contribution in [1.82, 2.24) is 14.9 Å². The summed E-state index contributed by atoms with van der Waals surface area (Å²) in [6, 6.07) is 5.15. The molecule has 3 rings (SSSR count). The van der Waals surface area contributed by atoms with Crippen molar-refractivity contribution < 1.29 is 9.53 Å². The SMILES string of the molecule is CC(C)Oc1cccc(-c2csc(N(C)C(=O)C3CCCN3C#N)n2)n1. The number of amides is 1. The van der Waals surface area contributed by atoms with Crippen molar-refractivity contribution in [3.8, 4) is 23.5 Å². The predicted octanol–water partition coefficient (Wildman–Crippen LogP) is 2.90. The van der Waals surface area contributed by atoms with Gasteiger partial charge in [0.1, 0.15) is 11.7 Å². The van der Waals surface area contributed by atoms with Crippen LogP contribution in [0.25, 0.3) is 11.4 Å². The lowest BCUT2D eigenvalue weighted by Gasteiger charge is -2.22. The highest BCUT2D eigenvalue weighted by molar-refractivity contribution is 7.14. The van der Waals surface area contributed by atoms with Crippen molar-refractivity contribution in [1.29, 1.82) is 5.26 Å². The van der Waals surface area contributed by atoms with Gasteiger partial charge in [0.2, 0.25) is 5.88 Å². The maximum Gasteiger partial charge on any atom is 0.251 e. The smallest absolute Gasteiger partial charge is 0.251 e. The third-order valence-corrected chi connectivity index (χ3v) is 5.04. The zero-order chi connectivity index (χ0) is 18.7. The fraction of sp³-hybridized carbons (Fsp3) is 0.444. The summed E-state index contributed by atoms with van der Waals surface area (Å²) in [5, 5.41) is 11.6. The lowest BCUT2D eigenvalue weighted by atomic mass is 10.2. The zero-order valence-corrected chi connectivity index (χ0v) is 15.9. The fourth-order valence-corrected chi connectivity index (χ4v) is 3.65. The first-order valence-corrected chi connectivity index (χ1v) is 9.41. The number of thiazole rings is 1. The van der Waals surface area contributed by atoms with E-state index in [1.165, 1.54) is 16.2 Å². The summed E-state index contributed by atoms with van der Waals surface area (Å²) in [4.78, 5) is 24.8. The molecule has 8 heteroatoms. The van der Waals surface area contributed by atoms with Crippen LogP contribution < -0.4 is 9.64 Å². The van der Waals surface area contributed by atoms with Crippen LogP contribution in [0.15, 0.2) is 23.6 Å². The van der Waals surface area contributed by atoms with Crippen molar-refractivity contribution in [3.63, 3.8) is 0 Å². The van der Waals surface area contributed by atoms with Crippen molar-refractivity contribution in [3.05, 3.63) is 23.6 Å². The Labute approximate surface area is 156 Å². The number of anilines is 1. The number of hydrogen-bond acceptors (Lipinski definition) is 7. The largest absolute Gasteiger partial charge is 0.475 e. The molecule has 1 aliphatic rings. The van der Waals surface area contributed by atoms with E-state index >= 15 is 0 Å². The van der Waals surface area contributed by atoms with E-state index in [9.17, 15) is 4.79 Å². The Hall–Kier alpha value is -2.66. The molecule has 1 unspecified atom stereocenters. The lowest BCUT2D eigenvalue weighted by molar-refractivity contribution is -0.121. The van der Waals surface area contributed by atoms with Crippen LogP contribution in [0, 0.1) is 11.5 Å². The highest BCUT2D eigenvalue weighted by atomic mass is 32.1. The van der Waals surface area contributed by atoms with Crippen LogP contribution in [0.4, 0.5) is 5.13 Å². The zero-order valence-electron chi connectivity index (χ0n) is 15.0. The van der Waals surface area contributed by atoms with Gasteiger partial charge in [-0.1, -0.05) is 6.07 Å². The lowest BCUT2D eigenvalue weighted by Crippen LogP contribution is -2.42. The molecule has 1 atom stereocenters. The number of hydrogen-bond donors (Lipinski definition) is 0. The number of likely N-dealkylation sites (tertiary alicyclic amines) is 1. The van der Waals surface area contributed by atoms with Gasteiger partial charge in [0, 0.05) is 25.0 Å². The molecule has 0 spiro atoms. The number of aromatic nitrogens is 2. The molecule has 2 aromatic rings. The molecule has 2 aromatic heterocycles. The molecule has 0 bridgehead atoms. The molecule has 0 aliphatic carbocycles. The van der Waals surface area contributed by atoms with Gasteiger partial charge in [-0.3, -0.25) is 14.6 Å². The van der Waals surface area contributed by atoms with Crippen LogP contribution in [0.2, 0.25) is 0 Å². The minimum absolute atomic E-state index is 0.0435. The van der Waals surface area contributed by atoms with Gasteiger partial charge in [-0.05, 0) is 32.8 Å². The molecule has 136 valence electrons. The Morgan fingerprint density at radius 3 is 2.96 bits per heavy atom. The highest BCUT2D eigenvalue weighted by Crippen LogP contribution is 2.28. The standard InChI is InChI=1S/C18H21N5O2S/c1-12(2)25-16-8-4-6-13(20-16)14-10-26-18(21-14)22(3)17(24)15-7-5-9-23(15)11-19/h4,6,8,10,12,15H,5,7,9H2,1-3H3. The van der Waals surface area contributed by atoms with E-state index in [2.05, 4.69) is 16.2 Å². The van der Waals surface area contributed by atoms with Crippen molar-refractivity contribution in [2.24, 2.45) is 0 Å². The highest BCUT2D eigenvalue weighted by Gasteiger charge is 2.33. The first-order valence-electron chi connectivity index (χ1n) is 8.53. The van der Waals surface area contributed by atoms with Gasteiger partial charge in [-0.15, -0.1) is 11.3 Å². The van der Waals surface area contributed by atoms with Crippen LogP contribution in [0.3, 0.4) is 0 Å². The summed E-state index contributed by atoms with van der Waals surface area (Å²) < 4.78 is 5.62. The minimum atomic E-state index is -0.391. The molecule has 0 N–H and O–H groups in total. The molecular weight excluding hydrogens is 350 g/mol.